The van der Waals surface area contributed by atoms with E-state index in [-0.39, 0.29) is 0 Å². The third-order valence-electron chi connectivity index (χ3n) is 5.10. The van der Waals surface area contributed by atoms with Gasteiger partial charge in [-0.15, -0.1) is 0 Å². The number of benzene rings is 1. The van der Waals surface area contributed by atoms with Crippen molar-refractivity contribution < 1.29 is 4.57 Å². The standard InChI is InChI=1S/C22H24N3/c1-14(2)18-8-7-17-10-11-24(5)22(19(17)12-18)21-15(3)6-9-20-23-13-16(4)25(20)21/h6-14H,1-5H3/q+1. The molecule has 0 aliphatic heterocycles. The van der Waals surface area contributed by atoms with Gasteiger partial charge in [0.15, 0.2) is 6.20 Å². The fraction of sp³-hybridized carbons (Fsp3) is 0.273. The molecule has 4 rings (SSSR count). The number of nitrogens with zero attached hydrogens (tertiary/aromatic N) is 3. The van der Waals surface area contributed by atoms with Gasteiger partial charge in [0.05, 0.1) is 5.39 Å². The van der Waals surface area contributed by atoms with Gasteiger partial charge in [-0.05, 0) is 48.4 Å². The van der Waals surface area contributed by atoms with E-state index in [1.54, 1.807) is 0 Å². The molecule has 3 nitrogen and oxygen atoms in total. The van der Waals surface area contributed by atoms with E-state index in [1.807, 2.05) is 6.20 Å². The highest BCUT2D eigenvalue weighted by atomic mass is 15.0. The summed E-state index contributed by atoms with van der Waals surface area (Å²) in [4.78, 5) is 4.55. The van der Waals surface area contributed by atoms with Gasteiger partial charge in [-0.25, -0.2) is 4.98 Å². The Hall–Kier alpha value is -2.68. The van der Waals surface area contributed by atoms with Crippen LogP contribution in [0, 0.1) is 13.8 Å². The average molecular weight is 330 g/mol. The minimum atomic E-state index is 0.509. The molecule has 0 aliphatic carbocycles. The first kappa shape index (κ1) is 15.8. The molecule has 1 aromatic carbocycles. The second-order valence-electron chi connectivity index (χ2n) is 7.23. The van der Waals surface area contributed by atoms with Crippen LogP contribution in [0.5, 0.6) is 0 Å². The van der Waals surface area contributed by atoms with Crippen LogP contribution in [0.3, 0.4) is 0 Å². The monoisotopic (exact) mass is 330 g/mol. The molecule has 0 saturated carbocycles. The van der Waals surface area contributed by atoms with Gasteiger partial charge in [0, 0.05) is 18.0 Å². The van der Waals surface area contributed by atoms with Crippen LogP contribution in [0.1, 0.15) is 36.6 Å². The maximum atomic E-state index is 4.55. The molecule has 0 radical (unpaired) electrons. The summed E-state index contributed by atoms with van der Waals surface area (Å²) in [5.74, 6) is 0.509. The van der Waals surface area contributed by atoms with E-state index in [0.29, 0.717) is 5.92 Å². The van der Waals surface area contributed by atoms with Crippen molar-refractivity contribution in [3.8, 4) is 11.4 Å². The van der Waals surface area contributed by atoms with Gasteiger partial charge in [-0.1, -0.05) is 32.0 Å². The van der Waals surface area contributed by atoms with Gasteiger partial charge >= 0.3 is 0 Å². The fourth-order valence-electron chi connectivity index (χ4n) is 3.65. The third-order valence-corrected chi connectivity index (χ3v) is 5.10. The zero-order valence-electron chi connectivity index (χ0n) is 15.5. The Morgan fingerprint density at radius 1 is 1.04 bits per heavy atom. The predicted molar refractivity (Wildman–Crippen MR) is 103 cm³/mol. The van der Waals surface area contributed by atoms with Crippen molar-refractivity contribution in [2.45, 2.75) is 33.6 Å². The van der Waals surface area contributed by atoms with Crippen molar-refractivity contribution in [3.63, 3.8) is 0 Å². The number of rotatable bonds is 2. The van der Waals surface area contributed by atoms with Crippen LogP contribution >= 0.6 is 0 Å². The summed E-state index contributed by atoms with van der Waals surface area (Å²) in [6, 6.07) is 13.3. The summed E-state index contributed by atoms with van der Waals surface area (Å²) < 4.78 is 4.50. The summed E-state index contributed by atoms with van der Waals surface area (Å²) >= 11 is 0. The van der Waals surface area contributed by atoms with Crippen LogP contribution in [0.2, 0.25) is 0 Å². The first-order valence-electron chi connectivity index (χ1n) is 8.83. The normalized spacial score (nSPS) is 11.8. The van der Waals surface area contributed by atoms with Crippen LogP contribution in [0.15, 0.2) is 48.8 Å². The summed E-state index contributed by atoms with van der Waals surface area (Å²) in [5.41, 5.74) is 7.24. The quantitative estimate of drug-likeness (QED) is 0.487. The molecule has 0 atom stereocenters. The van der Waals surface area contributed by atoms with E-state index < -0.39 is 0 Å². The molecule has 3 heteroatoms. The molecule has 0 saturated heterocycles. The lowest BCUT2D eigenvalue weighted by Crippen LogP contribution is -2.31. The fourth-order valence-corrected chi connectivity index (χ4v) is 3.65. The highest BCUT2D eigenvalue weighted by molar-refractivity contribution is 5.93. The van der Waals surface area contributed by atoms with Crippen LogP contribution in [0.4, 0.5) is 0 Å². The first-order valence-corrected chi connectivity index (χ1v) is 8.83. The minimum absolute atomic E-state index is 0.509. The molecule has 0 amide bonds. The molecule has 3 heterocycles. The SMILES string of the molecule is Cc1ccc2ncc(C)n2c1-c1c2cc(C(C)C)ccc2cc[n+]1C. The van der Waals surface area contributed by atoms with Crippen LogP contribution < -0.4 is 4.57 Å². The lowest BCUT2D eigenvalue weighted by Gasteiger charge is -2.13. The Kier molecular flexibility index (Phi) is 3.60. The molecule has 0 fully saturated rings. The second-order valence-corrected chi connectivity index (χ2v) is 7.23. The van der Waals surface area contributed by atoms with E-state index in [0.717, 1.165) is 11.3 Å². The molecule has 0 N–H and O–H groups in total. The average Bonchev–Trinajstić information content (AvgIpc) is 2.96. The summed E-state index contributed by atoms with van der Waals surface area (Å²) in [6.45, 7) is 8.79. The Morgan fingerprint density at radius 2 is 1.84 bits per heavy atom. The third kappa shape index (κ3) is 2.42. The van der Waals surface area contributed by atoms with Gasteiger partial charge in [-0.3, -0.25) is 4.40 Å². The topological polar surface area (TPSA) is 21.2 Å². The van der Waals surface area contributed by atoms with Crippen molar-refractivity contribution in [3.05, 3.63) is 65.6 Å². The largest absolute Gasteiger partial charge is 0.291 e. The molecule has 0 spiro atoms. The van der Waals surface area contributed by atoms with Crippen molar-refractivity contribution >= 4 is 16.4 Å². The van der Waals surface area contributed by atoms with Crippen molar-refractivity contribution in [1.29, 1.82) is 0 Å². The van der Waals surface area contributed by atoms with E-state index in [1.165, 1.54) is 33.3 Å². The maximum Gasteiger partial charge on any atom is 0.237 e. The number of pyridine rings is 2. The van der Waals surface area contributed by atoms with Gasteiger partial charge in [-0.2, -0.15) is 4.57 Å². The van der Waals surface area contributed by atoms with E-state index in [2.05, 4.69) is 91.3 Å². The van der Waals surface area contributed by atoms with Gasteiger partial charge < -0.3 is 0 Å². The number of imidazole rings is 1. The molecule has 0 bridgehead atoms. The molecule has 25 heavy (non-hydrogen) atoms. The molecule has 0 aliphatic rings. The molecule has 3 aromatic heterocycles. The summed E-state index contributed by atoms with van der Waals surface area (Å²) in [7, 11) is 2.13. The Morgan fingerprint density at radius 3 is 2.60 bits per heavy atom. The number of hydrogen-bond acceptors (Lipinski definition) is 1. The van der Waals surface area contributed by atoms with Crippen LogP contribution in [-0.4, -0.2) is 9.38 Å². The van der Waals surface area contributed by atoms with Crippen molar-refractivity contribution in [1.82, 2.24) is 9.38 Å². The lowest BCUT2D eigenvalue weighted by atomic mass is 9.97. The zero-order chi connectivity index (χ0) is 17.7. The van der Waals surface area contributed by atoms with Crippen molar-refractivity contribution in [2.24, 2.45) is 7.05 Å². The lowest BCUT2D eigenvalue weighted by molar-refractivity contribution is -0.659. The van der Waals surface area contributed by atoms with E-state index in [9.17, 15) is 0 Å². The highest BCUT2D eigenvalue weighted by Gasteiger charge is 2.21. The smallest absolute Gasteiger partial charge is 0.237 e. The zero-order valence-corrected chi connectivity index (χ0v) is 15.5. The van der Waals surface area contributed by atoms with Gasteiger partial charge in [0.2, 0.25) is 5.69 Å². The molecule has 4 aromatic rings. The molecule has 0 unspecified atom stereocenters. The molecule has 126 valence electrons. The summed E-state index contributed by atoms with van der Waals surface area (Å²) in [6.07, 6.45) is 4.10. The van der Waals surface area contributed by atoms with Crippen LogP contribution in [-0.2, 0) is 7.05 Å². The Bertz CT molecular complexity index is 1100. The Labute approximate surface area is 148 Å². The number of aromatic nitrogens is 3. The number of aryl methyl sites for hydroxylation is 3. The van der Waals surface area contributed by atoms with E-state index >= 15 is 0 Å². The maximum absolute atomic E-state index is 4.55. The second kappa shape index (κ2) is 5.69. The van der Waals surface area contributed by atoms with E-state index in [4.69, 9.17) is 0 Å². The van der Waals surface area contributed by atoms with Gasteiger partial charge in [0.25, 0.3) is 0 Å². The predicted octanol–water partition coefficient (Wildman–Crippen LogP) is 4.72. The van der Waals surface area contributed by atoms with Gasteiger partial charge in [0.1, 0.15) is 18.4 Å². The molecular weight excluding hydrogens is 306 g/mol. The van der Waals surface area contributed by atoms with Crippen molar-refractivity contribution in [2.75, 3.05) is 0 Å². The first-order chi connectivity index (χ1) is 12.0. The minimum Gasteiger partial charge on any atom is -0.291 e. The highest BCUT2D eigenvalue weighted by Crippen LogP contribution is 2.31. The summed E-state index contributed by atoms with van der Waals surface area (Å²) in [5, 5.41) is 2.56. The molecular formula is C22H24N3+. The number of fused-ring (bicyclic) bond motifs is 2. The number of hydrogen-bond donors (Lipinski definition) is 0. The Balaban J connectivity index is 2.18. The van der Waals surface area contributed by atoms with Crippen LogP contribution in [0.25, 0.3) is 27.8 Å².